The molecule has 0 radical (unpaired) electrons. The summed E-state index contributed by atoms with van der Waals surface area (Å²) in [4.78, 5) is 21.1. The summed E-state index contributed by atoms with van der Waals surface area (Å²) in [5.74, 6) is 0. The molecule has 0 aliphatic heterocycles. The van der Waals surface area contributed by atoms with Crippen LogP contribution in [0.25, 0.3) is 0 Å². The predicted octanol–water partition coefficient (Wildman–Crippen LogP) is -1.11. The van der Waals surface area contributed by atoms with E-state index in [1.807, 2.05) is 0 Å². The number of nitrogens with zero attached hydrogens (tertiary/aromatic N) is 6. The van der Waals surface area contributed by atoms with Gasteiger partial charge in [-0.05, 0) is 0 Å². The van der Waals surface area contributed by atoms with Crippen molar-refractivity contribution in [3.8, 4) is 0 Å². The minimum absolute atomic E-state index is 0.385. The van der Waals surface area contributed by atoms with Crippen molar-refractivity contribution in [2.24, 2.45) is 0 Å². The summed E-state index contributed by atoms with van der Waals surface area (Å²) in [6.45, 7) is 0. The normalized spacial score (nSPS) is 11.2. The minimum atomic E-state index is -3.86. The Balaban J connectivity index is 2.55. The molecule has 0 unspecified atom stereocenters. The van der Waals surface area contributed by atoms with Crippen LogP contribution in [0.3, 0.4) is 0 Å². The maximum absolute atomic E-state index is 11.7. The van der Waals surface area contributed by atoms with Crippen molar-refractivity contribution >= 4 is 9.84 Å². The van der Waals surface area contributed by atoms with Crippen LogP contribution in [-0.2, 0) is 9.84 Å². The molecule has 8 nitrogen and oxygen atoms in total. The summed E-state index contributed by atoms with van der Waals surface area (Å²) < 4.78 is 23.5. The second kappa shape index (κ2) is 3.61. The lowest BCUT2D eigenvalue weighted by molar-refractivity contribution is 0.575. The van der Waals surface area contributed by atoms with Gasteiger partial charge in [-0.25, -0.2) is 38.3 Å². The Hall–Kier alpha value is -2.03. The molecule has 0 aromatic carbocycles. The van der Waals surface area contributed by atoms with Crippen molar-refractivity contribution in [1.29, 1.82) is 0 Å². The largest absolute Gasteiger partial charge is 0.277 e. The summed E-state index contributed by atoms with van der Waals surface area (Å²) in [5.41, 5.74) is 0. The van der Waals surface area contributed by atoms with Gasteiger partial charge in [0.25, 0.3) is 20.2 Å². The van der Waals surface area contributed by atoms with Gasteiger partial charge in [0, 0.05) is 0 Å². The molecule has 0 spiro atoms. The zero-order valence-corrected chi connectivity index (χ0v) is 8.03. The van der Waals surface area contributed by atoms with Crippen LogP contribution >= 0.6 is 0 Å². The standard InChI is InChI=1S/C6H4N6O2S/c13-15(14,5-9-1-7-2-10-5)6-11-3-8-4-12-6/h1-4H. The Morgan fingerprint density at radius 1 is 0.733 bits per heavy atom. The molecule has 0 aliphatic rings. The van der Waals surface area contributed by atoms with E-state index < -0.39 is 9.84 Å². The molecule has 0 fully saturated rings. The highest BCUT2D eigenvalue weighted by molar-refractivity contribution is 7.91. The molecule has 2 heterocycles. The third-order valence-electron chi connectivity index (χ3n) is 1.42. The number of hydrogen-bond donors (Lipinski definition) is 0. The molecule has 0 saturated heterocycles. The van der Waals surface area contributed by atoms with Crippen LogP contribution in [0.5, 0.6) is 0 Å². The van der Waals surface area contributed by atoms with Crippen LogP contribution in [-0.4, -0.2) is 38.3 Å². The van der Waals surface area contributed by atoms with E-state index in [2.05, 4.69) is 29.9 Å². The van der Waals surface area contributed by atoms with E-state index in [0.717, 1.165) is 25.3 Å². The highest BCUT2D eigenvalue weighted by atomic mass is 32.2. The molecule has 2 aromatic heterocycles. The predicted molar refractivity (Wildman–Crippen MR) is 45.1 cm³/mol. The second-order valence-corrected chi connectivity index (χ2v) is 4.08. The Morgan fingerprint density at radius 2 is 1.07 bits per heavy atom. The molecular weight excluding hydrogens is 220 g/mol. The van der Waals surface area contributed by atoms with Gasteiger partial charge in [0.2, 0.25) is 0 Å². The number of sulfone groups is 1. The summed E-state index contributed by atoms with van der Waals surface area (Å²) in [6, 6.07) is 0. The molecule has 0 N–H and O–H groups in total. The Bertz CT molecular complexity index is 497. The fourth-order valence-electron chi connectivity index (χ4n) is 0.816. The lowest BCUT2D eigenvalue weighted by Crippen LogP contribution is -2.10. The van der Waals surface area contributed by atoms with E-state index in [1.165, 1.54) is 0 Å². The topological polar surface area (TPSA) is 111 Å². The van der Waals surface area contributed by atoms with Gasteiger partial charge in [-0.3, -0.25) is 0 Å². The molecule has 2 rings (SSSR count). The number of rotatable bonds is 2. The third-order valence-corrected chi connectivity index (χ3v) is 2.80. The lowest BCUT2D eigenvalue weighted by Gasteiger charge is -1.98. The van der Waals surface area contributed by atoms with Crippen LogP contribution < -0.4 is 0 Å². The van der Waals surface area contributed by atoms with Crippen LogP contribution in [0.15, 0.2) is 35.6 Å². The molecular formula is C6H4N6O2S. The van der Waals surface area contributed by atoms with E-state index in [1.54, 1.807) is 0 Å². The van der Waals surface area contributed by atoms with Crippen molar-refractivity contribution < 1.29 is 8.42 Å². The first-order chi connectivity index (χ1) is 7.21. The smallest absolute Gasteiger partial charge is 0.225 e. The van der Waals surface area contributed by atoms with Crippen molar-refractivity contribution in [2.45, 2.75) is 10.3 Å². The number of hydrogen-bond acceptors (Lipinski definition) is 8. The fourth-order valence-corrected chi connectivity index (χ4v) is 1.72. The molecule has 0 amide bonds. The fraction of sp³-hybridized carbons (Fsp3) is 0. The Kier molecular flexibility index (Phi) is 2.29. The first-order valence-corrected chi connectivity index (χ1v) is 5.18. The van der Waals surface area contributed by atoms with E-state index >= 15 is 0 Å². The SMILES string of the molecule is O=S(=O)(c1ncncn1)c1ncncn1. The maximum atomic E-state index is 11.7. The zero-order chi connectivity index (χ0) is 10.7. The maximum Gasteiger partial charge on any atom is 0.277 e. The molecule has 0 saturated carbocycles. The third kappa shape index (κ3) is 1.76. The molecule has 9 heteroatoms. The van der Waals surface area contributed by atoms with Gasteiger partial charge in [0.15, 0.2) is 0 Å². The first-order valence-electron chi connectivity index (χ1n) is 3.70. The highest BCUT2D eigenvalue weighted by Crippen LogP contribution is 2.09. The van der Waals surface area contributed by atoms with E-state index in [0.29, 0.717) is 0 Å². The van der Waals surface area contributed by atoms with Crippen LogP contribution in [0.1, 0.15) is 0 Å². The minimum Gasteiger partial charge on any atom is -0.225 e. The Labute approximate surface area is 84.4 Å². The highest BCUT2D eigenvalue weighted by Gasteiger charge is 2.23. The molecule has 0 aliphatic carbocycles. The lowest BCUT2D eigenvalue weighted by atomic mass is 11.1. The van der Waals surface area contributed by atoms with Gasteiger partial charge < -0.3 is 0 Å². The van der Waals surface area contributed by atoms with Gasteiger partial charge in [0.05, 0.1) is 0 Å². The molecule has 15 heavy (non-hydrogen) atoms. The van der Waals surface area contributed by atoms with Crippen molar-refractivity contribution in [3.05, 3.63) is 25.3 Å². The number of aromatic nitrogens is 6. The van der Waals surface area contributed by atoms with Crippen molar-refractivity contribution in [2.75, 3.05) is 0 Å². The summed E-state index contributed by atoms with van der Waals surface area (Å²) in [5, 5.41) is -0.771. The monoisotopic (exact) mass is 224 g/mol. The van der Waals surface area contributed by atoms with Gasteiger partial charge in [-0.2, -0.15) is 0 Å². The summed E-state index contributed by atoms with van der Waals surface area (Å²) in [7, 11) is -3.86. The quantitative estimate of drug-likeness (QED) is 0.631. The van der Waals surface area contributed by atoms with Gasteiger partial charge in [-0.1, -0.05) is 0 Å². The average Bonchev–Trinajstić information content (AvgIpc) is 2.31. The van der Waals surface area contributed by atoms with Crippen LogP contribution in [0.4, 0.5) is 0 Å². The molecule has 2 aromatic rings. The second-order valence-electron chi connectivity index (χ2n) is 2.35. The molecule has 0 bridgehead atoms. The first kappa shape index (κ1) is 9.52. The van der Waals surface area contributed by atoms with Crippen molar-refractivity contribution in [3.63, 3.8) is 0 Å². The van der Waals surface area contributed by atoms with Crippen LogP contribution in [0, 0.1) is 0 Å². The van der Waals surface area contributed by atoms with Gasteiger partial charge in [-0.15, -0.1) is 0 Å². The van der Waals surface area contributed by atoms with E-state index in [9.17, 15) is 8.42 Å². The van der Waals surface area contributed by atoms with Crippen molar-refractivity contribution in [1.82, 2.24) is 29.9 Å². The van der Waals surface area contributed by atoms with E-state index in [-0.39, 0.29) is 10.3 Å². The summed E-state index contributed by atoms with van der Waals surface area (Å²) >= 11 is 0. The summed E-state index contributed by atoms with van der Waals surface area (Å²) in [6.07, 6.45) is 4.34. The van der Waals surface area contributed by atoms with E-state index in [4.69, 9.17) is 0 Å². The Morgan fingerprint density at radius 3 is 1.40 bits per heavy atom. The van der Waals surface area contributed by atoms with Gasteiger partial charge in [0.1, 0.15) is 25.3 Å². The van der Waals surface area contributed by atoms with Gasteiger partial charge >= 0.3 is 0 Å². The molecule has 76 valence electrons. The average molecular weight is 224 g/mol. The van der Waals surface area contributed by atoms with Crippen LogP contribution in [0.2, 0.25) is 0 Å². The zero-order valence-electron chi connectivity index (χ0n) is 7.22. The molecule has 0 atom stereocenters.